The molecule has 0 aromatic carbocycles. The second-order valence-electron chi connectivity index (χ2n) is 5.39. The lowest BCUT2D eigenvalue weighted by Crippen LogP contribution is -2.56. The van der Waals surface area contributed by atoms with Crippen LogP contribution in [0.3, 0.4) is 0 Å². The summed E-state index contributed by atoms with van der Waals surface area (Å²) in [5.74, 6) is -0.599. The van der Waals surface area contributed by atoms with Crippen molar-refractivity contribution in [2.75, 3.05) is 32.8 Å². The third kappa shape index (κ3) is 4.59. The zero-order valence-corrected chi connectivity index (χ0v) is 11.8. The maximum Gasteiger partial charge on any atom is 0.329 e. The Morgan fingerprint density at radius 2 is 2.24 bits per heavy atom. The highest BCUT2D eigenvalue weighted by Gasteiger charge is 2.35. The standard InChI is InChI=1S/C13H21N3O5/c17-11-2-1-9-7-16(5-3-10(9)15-11)13(20)14-4-6-21-8-12(18)19/h9-10H,1-8H2,(H,14,20)(H,15,17)(H,18,19). The van der Waals surface area contributed by atoms with Gasteiger partial charge in [-0.05, 0) is 18.8 Å². The number of urea groups is 1. The van der Waals surface area contributed by atoms with Gasteiger partial charge in [0, 0.05) is 32.1 Å². The molecule has 0 spiro atoms. The number of piperidine rings is 2. The largest absolute Gasteiger partial charge is 0.480 e. The normalized spacial score (nSPS) is 25.0. The van der Waals surface area contributed by atoms with Crippen LogP contribution >= 0.6 is 0 Å². The topological polar surface area (TPSA) is 108 Å². The average Bonchev–Trinajstić information content (AvgIpc) is 2.45. The van der Waals surface area contributed by atoms with E-state index in [-0.39, 0.29) is 37.7 Å². The lowest BCUT2D eigenvalue weighted by Gasteiger charge is -2.41. The molecule has 3 N–H and O–H groups in total. The van der Waals surface area contributed by atoms with Gasteiger partial charge in [-0.15, -0.1) is 0 Å². The molecule has 0 radical (unpaired) electrons. The summed E-state index contributed by atoms with van der Waals surface area (Å²) >= 11 is 0. The number of nitrogens with one attached hydrogen (secondary N) is 2. The zero-order valence-electron chi connectivity index (χ0n) is 11.8. The van der Waals surface area contributed by atoms with Gasteiger partial charge in [-0.25, -0.2) is 9.59 Å². The number of carbonyl (C=O) groups is 3. The Balaban J connectivity index is 1.67. The minimum atomic E-state index is -1.03. The van der Waals surface area contributed by atoms with E-state index in [9.17, 15) is 14.4 Å². The van der Waals surface area contributed by atoms with Crippen LogP contribution in [-0.4, -0.2) is 66.8 Å². The molecule has 0 aromatic rings. The molecular formula is C13H21N3O5. The number of ether oxygens (including phenoxy) is 1. The van der Waals surface area contributed by atoms with Gasteiger partial charge >= 0.3 is 12.0 Å². The third-order valence-corrected chi connectivity index (χ3v) is 3.86. The Hall–Kier alpha value is -1.83. The molecule has 2 rings (SSSR count). The number of carbonyl (C=O) groups excluding carboxylic acids is 2. The van der Waals surface area contributed by atoms with E-state index in [2.05, 4.69) is 10.6 Å². The molecule has 2 saturated heterocycles. The average molecular weight is 299 g/mol. The quantitative estimate of drug-likeness (QED) is 0.587. The predicted molar refractivity (Wildman–Crippen MR) is 72.7 cm³/mol. The fraction of sp³-hybridized carbons (Fsp3) is 0.769. The number of hydrogen-bond acceptors (Lipinski definition) is 4. The van der Waals surface area contributed by atoms with Crippen LogP contribution in [0.5, 0.6) is 0 Å². The van der Waals surface area contributed by atoms with E-state index in [4.69, 9.17) is 9.84 Å². The van der Waals surface area contributed by atoms with Crippen LogP contribution < -0.4 is 10.6 Å². The van der Waals surface area contributed by atoms with Crippen molar-refractivity contribution >= 4 is 17.9 Å². The van der Waals surface area contributed by atoms with E-state index in [1.54, 1.807) is 4.90 Å². The molecule has 0 bridgehead atoms. The summed E-state index contributed by atoms with van der Waals surface area (Å²) in [7, 11) is 0. The summed E-state index contributed by atoms with van der Waals surface area (Å²) in [6.45, 7) is 1.36. The third-order valence-electron chi connectivity index (χ3n) is 3.86. The molecule has 118 valence electrons. The Bertz CT molecular complexity index is 415. The summed E-state index contributed by atoms with van der Waals surface area (Å²) in [5, 5.41) is 14.1. The summed E-state index contributed by atoms with van der Waals surface area (Å²) in [6, 6.07) is 0.0264. The van der Waals surface area contributed by atoms with Crippen molar-refractivity contribution in [3.8, 4) is 0 Å². The molecule has 8 nitrogen and oxygen atoms in total. The Labute approximate surface area is 122 Å². The molecule has 2 unspecified atom stereocenters. The van der Waals surface area contributed by atoms with Crippen LogP contribution in [-0.2, 0) is 14.3 Å². The fourth-order valence-electron chi connectivity index (χ4n) is 2.80. The molecule has 2 aliphatic heterocycles. The van der Waals surface area contributed by atoms with Crippen molar-refractivity contribution in [3.05, 3.63) is 0 Å². The molecule has 2 aliphatic rings. The lowest BCUT2D eigenvalue weighted by atomic mass is 9.85. The first-order valence-electron chi connectivity index (χ1n) is 7.18. The maximum absolute atomic E-state index is 12.0. The highest BCUT2D eigenvalue weighted by molar-refractivity contribution is 5.77. The first-order chi connectivity index (χ1) is 10.1. The first-order valence-corrected chi connectivity index (χ1v) is 7.18. The van der Waals surface area contributed by atoms with Gasteiger partial charge in [0.25, 0.3) is 0 Å². The van der Waals surface area contributed by atoms with Gasteiger partial charge in [0.1, 0.15) is 6.61 Å². The number of likely N-dealkylation sites (tertiary alicyclic amines) is 1. The smallest absolute Gasteiger partial charge is 0.329 e. The molecule has 8 heteroatoms. The number of aliphatic carboxylic acids is 1. The van der Waals surface area contributed by atoms with E-state index >= 15 is 0 Å². The van der Waals surface area contributed by atoms with Crippen molar-refractivity contribution in [2.24, 2.45) is 5.92 Å². The summed E-state index contributed by atoms with van der Waals surface area (Å²) in [4.78, 5) is 35.3. The second-order valence-corrected chi connectivity index (χ2v) is 5.39. The van der Waals surface area contributed by atoms with Gasteiger partial charge in [-0.2, -0.15) is 0 Å². The minimum Gasteiger partial charge on any atom is -0.480 e. The van der Waals surface area contributed by atoms with E-state index in [1.807, 2.05) is 0 Å². The molecule has 3 amide bonds. The molecule has 2 atom stereocenters. The van der Waals surface area contributed by atoms with E-state index in [0.717, 1.165) is 12.8 Å². The monoisotopic (exact) mass is 299 g/mol. The van der Waals surface area contributed by atoms with Crippen LogP contribution in [0.1, 0.15) is 19.3 Å². The van der Waals surface area contributed by atoms with Gasteiger partial charge in [-0.1, -0.05) is 0 Å². The molecule has 0 aliphatic carbocycles. The summed E-state index contributed by atoms with van der Waals surface area (Å²) in [5.41, 5.74) is 0. The van der Waals surface area contributed by atoms with Crippen LogP contribution in [0, 0.1) is 5.92 Å². The number of carboxylic acids is 1. The van der Waals surface area contributed by atoms with E-state index < -0.39 is 5.97 Å². The Morgan fingerprint density at radius 3 is 3.00 bits per heavy atom. The van der Waals surface area contributed by atoms with E-state index in [1.165, 1.54) is 0 Å². The van der Waals surface area contributed by atoms with Crippen molar-refractivity contribution in [1.82, 2.24) is 15.5 Å². The molecule has 0 saturated carbocycles. The number of carboxylic acid groups (broad SMARTS) is 1. The van der Waals surface area contributed by atoms with Crippen LogP contribution in [0.15, 0.2) is 0 Å². The number of fused-ring (bicyclic) bond motifs is 1. The predicted octanol–water partition coefficient (Wildman–Crippen LogP) is -0.602. The zero-order chi connectivity index (χ0) is 15.2. The van der Waals surface area contributed by atoms with Crippen LogP contribution in [0.2, 0.25) is 0 Å². The highest BCUT2D eigenvalue weighted by Crippen LogP contribution is 2.25. The molecular weight excluding hydrogens is 278 g/mol. The van der Waals surface area contributed by atoms with Crippen molar-refractivity contribution in [1.29, 1.82) is 0 Å². The maximum atomic E-state index is 12.0. The SMILES string of the molecule is O=C(O)COCCNC(=O)N1CCC2NC(=O)CCC2C1. The van der Waals surface area contributed by atoms with Gasteiger partial charge in [0.2, 0.25) is 5.91 Å². The van der Waals surface area contributed by atoms with Gasteiger partial charge in [0.15, 0.2) is 0 Å². The van der Waals surface area contributed by atoms with Crippen molar-refractivity contribution < 1.29 is 24.2 Å². The van der Waals surface area contributed by atoms with Gasteiger partial charge < -0.3 is 25.4 Å². The minimum absolute atomic E-state index is 0.102. The van der Waals surface area contributed by atoms with Gasteiger partial charge in [0.05, 0.1) is 6.61 Å². The summed E-state index contributed by atoms with van der Waals surface area (Å²) < 4.78 is 4.85. The van der Waals surface area contributed by atoms with Crippen molar-refractivity contribution in [2.45, 2.75) is 25.3 Å². The van der Waals surface area contributed by atoms with E-state index in [0.29, 0.717) is 25.4 Å². The molecule has 2 fully saturated rings. The molecule has 2 heterocycles. The first kappa shape index (κ1) is 15.6. The Kier molecular flexibility index (Phi) is 5.38. The second kappa shape index (κ2) is 7.26. The number of rotatable bonds is 5. The van der Waals surface area contributed by atoms with Crippen LogP contribution in [0.25, 0.3) is 0 Å². The number of nitrogens with zero attached hydrogens (tertiary/aromatic N) is 1. The lowest BCUT2D eigenvalue weighted by molar-refractivity contribution is -0.142. The summed E-state index contributed by atoms with van der Waals surface area (Å²) in [6.07, 6.45) is 2.13. The fourth-order valence-corrected chi connectivity index (χ4v) is 2.80. The number of amides is 3. The van der Waals surface area contributed by atoms with Gasteiger partial charge in [-0.3, -0.25) is 4.79 Å². The highest BCUT2D eigenvalue weighted by atomic mass is 16.5. The number of hydrogen-bond donors (Lipinski definition) is 3. The molecule has 0 aromatic heterocycles. The van der Waals surface area contributed by atoms with Crippen molar-refractivity contribution in [3.63, 3.8) is 0 Å². The Morgan fingerprint density at radius 1 is 1.43 bits per heavy atom. The molecule has 21 heavy (non-hydrogen) atoms. The van der Waals surface area contributed by atoms with Crippen LogP contribution in [0.4, 0.5) is 4.79 Å².